The van der Waals surface area contributed by atoms with E-state index in [4.69, 9.17) is 5.73 Å². The topological polar surface area (TPSA) is 26.0 Å². The lowest BCUT2D eigenvalue weighted by atomic mass is 9.93. The Morgan fingerprint density at radius 3 is 2.31 bits per heavy atom. The zero-order chi connectivity index (χ0) is 11.4. The molecule has 0 atom stereocenters. The van der Waals surface area contributed by atoms with E-state index < -0.39 is 5.67 Å². The molecule has 0 bridgehead atoms. The zero-order valence-electron chi connectivity index (χ0n) is 9.71. The van der Waals surface area contributed by atoms with Crippen molar-refractivity contribution < 1.29 is 4.39 Å². The van der Waals surface area contributed by atoms with E-state index in [1.807, 2.05) is 24.3 Å². The van der Waals surface area contributed by atoms with Crippen LogP contribution in [0.25, 0.3) is 0 Å². The fourth-order valence-electron chi connectivity index (χ4n) is 2.50. The first-order valence-corrected chi connectivity index (χ1v) is 6.23. The molecular weight excluding hydrogens is 201 g/mol. The molecule has 1 aliphatic rings. The van der Waals surface area contributed by atoms with Crippen LogP contribution in [0.2, 0.25) is 0 Å². The Balaban J connectivity index is 2.06. The average molecular weight is 221 g/mol. The second kappa shape index (κ2) is 4.96. The van der Waals surface area contributed by atoms with E-state index in [-0.39, 0.29) is 0 Å². The zero-order valence-corrected chi connectivity index (χ0v) is 9.71. The van der Waals surface area contributed by atoms with Gasteiger partial charge in [-0.2, -0.15) is 0 Å². The predicted molar refractivity (Wildman–Crippen MR) is 65.1 cm³/mol. The van der Waals surface area contributed by atoms with E-state index in [0.717, 1.165) is 37.8 Å². The van der Waals surface area contributed by atoms with Crippen molar-refractivity contribution in [3.05, 3.63) is 35.4 Å². The molecule has 0 unspecified atom stereocenters. The molecule has 0 radical (unpaired) electrons. The summed E-state index contributed by atoms with van der Waals surface area (Å²) in [5.41, 5.74) is 6.54. The van der Waals surface area contributed by atoms with Gasteiger partial charge in [-0.25, -0.2) is 4.39 Å². The van der Waals surface area contributed by atoms with E-state index in [1.54, 1.807) is 0 Å². The molecule has 0 spiro atoms. The van der Waals surface area contributed by atoms with E-state index >= 15 is 0 Å². The van der Waals surface area contributed by atoms with Crippen molar-refractivity contribution in [3.63, 3.8) is 0 Å². The molecule has 2 heteroatoms. The Kier molecular flexibility index (Phi) is 3.59. The summed E-state index contributed by atoms with van der Waals surface area (Å²) in [7, 11) is 0. The molecule has 1 fully saturated rings. The van der Waals surface area contributed by atoms with Crippen LogP contribution in [-0.4, -0.2) is 6.54 Å². The van der Waals surface area contributed by atoms with Crippen LogP contribution in [0.1, 0.15) is 43.2 Å². The van der Waals surface area contributed by atoms with Gasteiger partial charge in [0.15, 0.2) is 0 Å². The van der Waals surface area contributed by atoms with Gasteiger partial charge >= 0.3 is 0 Å². The summed E-state index contributed by atoms with van der Waals surface area (Å²) in [6, 6.07) is 8.00. The lowest BCUT2D eigenvalue weighted by Crippen LogP contribution is -2.14. The molecule has 1 aromatic rings. The van der Waals surface area contributed by atoms with Gasteiger partial charge in [0.25, 0.3) is 0 Å². The lowest BCUT2D eigenvalue weighted by molar-refractivity contribution is 0.175. The second-order valence-electron chi connectivity index (χ2n) is 4.76. The van der Waals surface area contributed by atoms with Crippen LogP contribution in [-0.2, 0) is 12.1 Å². The highest BCUT2D eigenvalue weighted by Gasteiger charge is 2.35. The average Bonchev–Trinajstić information content (AvgIpc) is 2.75. The molecule has 0 heterocycles. The molecule has 0 amide bonds. The van der Waals surface area contributed by atoms with E-state index in [1.165, 1.54) is 5.56 Å². The normalized spacial score (nSPS) is 18.9. The number of rotatable bonds is 4. The van der Waals surface area contributed by atoms with Crippen LogP contribution >= 0.6 is 0 Å². The number of halogens is 1. The minimum absolute atomic E-state index is 0.690. The smallest absolute Gasteiger partial charge is 0.136 e. The summed E-state index contributed by atoms with van der Waals surface area (Å²) in [6.45, 7) is 0.717. The van der Waals surface area contributed by atoms with Crippen molar-refractivity contribution in [2.75, 3.05) is 6.54 Å². The summed E-state index contributed by atoms with van der Waals surface area (Å²) in [5.74, 6) is 0. The van der Waals surface area contributed by atoms with Gasteiger partial charge in [-0.1, -0.05) is 24.3 Å². The Morgan fingerprint density at radius 2 is 1.75 bits per heavy atom. The van der Waals surface area contributed by atoms with Crippen molar-refractivity contribution in [2.24, 2.45) is 5.73 Å². The number of alkyl halides is 1. The minimum atomic E-state index is -1.05. The first kappa shape index (κ1) is 11.6. The Hall–Kier alpha value is -0.890. The maximum Gasteiger partial charge on any atom is 0.136 e. The number of benzene rings is 1. The molecule has 1 saturated carbocycles. The summed E-state index contributed by atoms with van der Waals surface area (Å²) in [6.07, 6.45) is 5.41. The van der Waals surface area contributed by atoms with Gasteiger partial charge in [0.05, 0.1) is 0 Å². The molecule has 88 valence electrons. The molecule has 0 saturated heterocycles. The van der Waals surface area contributed by atoms with E-state index in [9.17, 15) is 4.39 Å². The molecule has 0 aliphatic heterocycles. The first-order valence-electron chi connectivity index (χ1n) is 6.23. The standard InChI is InChI=1S/C14H20FN/c15-14(9-1-2-10-14)13-7-5-12(6-8-13)4-3-11-16/h5-8H,1-4,9-11,16H2. The van der Waals surface area contributed by atoms with Crippen LogP contribution in [0.15, 0.2) is 24.3 Å². The predicted octanol–water partition coefficient (Wildman–Crippen LogP) is 3.32. The van der Waals surface area contributed by atoms with Gasteiger partial charge in [0, 0.05) is 0 Å². The summed E-state index contributed by atoms with van der Waals surface area (Å²) in [4.78, 5) is 0. The van der Waals surface area contributed by atoms with E-state index in [0.29, 0.717) is 12.8 Å². The second-order valence-corrected chi connectivity index (χ2v) is 4.76. The molecule has 2 rings (SSSR count). The van der Waals surface area contributed by atoms with Gasteiger partial charge in [-0.05, 0) is 56.2 Å². The number of hydrogen-bond acceptors (Lipinski definition) is 1. The Morgan fingerprint density at radius 1 is 1.12 bits per heavy atom. The maximum absolute atomic E-state index is 14.4. The fraction of sp³-hybridized carbons (Fsp3) is 0.571. The summed E-state index contributed by atoms with van der Waals surface area (Å²) < 4.78 is 14.4. The maximum atomic E-state index is 14.4. The molecule has 1 nitrogen and oxygen atoms in total. The summed E-state index contributed by atoms with van der Waals surface area (Å²) in [5, 5.41) is 0. The van der Waals surface area contributed by atoms with Crippen molar-refractivity contribution in [3.8, 4) is 0 Å². The molecule has 1 aromatic carbocycles. The van der Waals surface area contributed by atoms with Gasteiger partial charge in [-0.3, -0.25) is 0 Å². The first-order chi connectivity index (χ1) is 7.74. The van der Waals surface area contributed by atoms with Gasteiger partial charge in [0.1, 0.15) is 5.67 Å². The third-order valence-electron chi connectivity index (χ3n) is 3.54. The monoisotopic (exact) mass is 221 g/mol. The molecule has 2 N–H and O–H groups in total. The minimum Gasteiger partial charge on any atom is -0.330 e. The number of aryl methyl sites for hydroxylation is 1. The third kappa shape index (κ3) is 2.43. The van der Waals surface area contributed by atoms with Gasteiger partial charge < -0.3 is 5.73 Å². The van der Waals surface area contributed by atoms with Crippen LogP contribution in [0.5, 0.6) is 0 Å². The Bertz CT molecular complexity index is 325. The van der Waals surface area contributed by atoms with Crippen LogP contribution in [0.4, 0.5) is 4.39 Å². The largest absolute Gasteiger partial charge is 0.330 e. The molecule has 0 aromatic heterocycles. The highest BCUT2D eigenvalue weighted by molar-refractivity contribution is 5.28. The number of nitrogens with two attached hydrogens (primary N) is 1. The molecular formula is C14H20FN. The highest BCUT2D eigenvalue weighted by Crippen LogP contribution is 2.42. The van der Waals surface area contributed by atoms with Crippen molar-refractivity contribution in [1.82, 2.24) is 0 Å². The van der Waals surface area contributed by atoms with Crippen molar-refractivity contribution in [2.45, 2.75) is 44.2 Å². The Labute approximate surface area is 96.9 Å². The van der Waals surface area contributed by atoms with Crippen molar-refractivity contribution in [1.29, 1.82) is 0 Å². The van der Waals surface area contributed by atoms with Crippen LogP contribution in [0, 0.1) is 0 Å². The summed E-state index contributed by atoms with van der Waals surface area (Å²) >= 11 is 0. The van der Waals surface area contributed by atoms with Gasteiger partial charge in [0.2, 0.25) is 0 Å². The highest BCUT2D eigenvalue weighted by atomic mass is 19.1. The quantitative estimate of drug-likeness (QED) is 0.829. The SMILES string of the molecule is NCCCc1ccc(C2(F)CCCC2)cc1. The molecule has 1 aliphatic carbocycles. The third-order valence-corrected chi connectivity index (χ3v) is 3.54. The fourth-order valence-corrected chi connectivity index (χ4v) is 2.50. The van der Waals surface area contributed by atoms with Gasteiger partial charge in [-0.15, -0.1) is 0 Å². The van der Waals surface area contributed by atoms with Crippen LogP contribution in [0.3, 0.4) is 0 Å². The van der Waals surface area contributed by atoms with Crippen molar-refractivity contribution >= 4 is 0 Å². The lowest BCUT2D eigenvalue weighted by Gasteiger charge is -2.19. The van der Waals surface area contributed by atoms with E-state index in [2.05, 4.69) is 0 Å². The molecule has 16 heavy (non-hydrogen) atoms. The number of hydrogen-bond donors (Lipinski definition) is 1. The van der Waals surface area contributed by atoms with Crippen LogP contribution < -0.4 is 5.73 Å².